The molecular weight excluding hydrogens is 277 g/mol. The SMILES string of the molecule is NCc1ccc(C(F)F)nc1I. The summed E-state index contributed by atoms with van der Waals surface area (Å²) >= 11 is 1.89. The molecule has 0 bridgehead atoms. The highest BCUT2D eigenvalue weighted by Crippen LogP contribution is 2.18. The molecule has 12 heavy (non-hydrogen) atoms. The first-order valence-corrected chi connectivity index (χ1v) is 4.36. The van der Waals surface area contributed by atoms with Gasteiger partial charge in [-0.3, -0.25) is 0 Å². The van der Waals surface area contributed by atoms with Gasteiger partial charge in [0, 0.05) is 6.54 Å². The second kappa shape index (κ2) is 4.08. The summed E-state index contributed by atoms with van der Waals surface area (Å²) < 4.78 is 24.7. The molecule has 0 aliphatic rings. The van der Waals surface area contributed by atoms with E-state index in [1.165, 1.54) is 6.07 Å². The van der Waals surface area contributed by atoms with Gasteiger partial charge in [-0.05, 0) is 34.2 Å². The molecule has 0 saturated carbocycles. The van der Waals surface area contributed by atoms with Gasteiger partial charge in [-0.15, -0.1) is 0 Å². The quantitative estimate of drug-likeness (QED) is 0.667. The molecule has 2 N–H and O–H groups in total. The second-order valence-corrected chi connectivity index (χ2v) is 3.21. The highest BCUT2D eigenvalue weighted by atomic mass is 127. The van der Waals surface area contributed by atoms with E-state index in [1.807, 2.05) is 22.6 Å². The minimum Gasteiger partial charge on any atom is -0.326 e. The van der Waals surface area contributed by atoms with Crippen molar-refractivity contribution in [3.05, 3.63) is 27.1 Å². The number of nitrogens with two attached hydrogens (primary N) is 1. The van der Waals surface area contributed by atoms with Gasteiger partial charge in [0.1, 0.15) is 9.39 Å². The van der Waals surface area contributed by atoms with Crippen LogP contribution < -0.4 is 5.73 Å². The normalized spacial score (nSPS) is 10.8. The molecule has 1 rings (SSSR count). The monoisotopic (exact) mass is 284 g/mol. The van der Waals surface area contributed by atoms with E-state index >= 15 is 0 Å². The van der Waals surface area contributed by atoms with Gasteiger partial charge in [-0.25, -0.2) is 13.8 Å². The number of pyridine rings is 1. The Morgan fingerprint density at radius 2 is 2.17 bits per heavy atom. The van der Waals surface area contributed by atoms with Crippen LogP contribution in [0.2, 0.25) is 0 Å². The molecule has 2 nitrogen and oxygen atoms in total. The number of hydrogen-bond donors (Lipinski definition) is 1. The Hall–Kier alpha value is -0.300. The number of aromatic nitrogens is 1. The van der Waals surface area contributed by atoms with E-state index in [-0.39, 0.29) is 5.69 Å². The second-order valence-electron chi connectivity index (χ2n) is 2.19. The maximum absolute atomic E-state index is 12.1. The lowest BCUT2D eigenvalue weighted by atomic mass is 10.2. The van der Waals surface area contributed by atoms with E-state index in [9.17, 15) is 8.78 Å². The van der Waals surface area contributed by atoms with Crippen LogP contribution in [0.25, 0.3) is 0 Å². The van der Waals surface area contributed by atoms with Crippen LogP contribution in [0.5, 0.6) is 0 Å². The van der Waals surface area contributed by atoms with Gasteiger partial charge in [0.2, 0.25) is 0 Å². The molecule has 0 amide bonds. The fourth-order valence-corrected chi connectivity index (χ4v) is 1.43. The molecule has 5 heteroatoms. The van der Waals surface area contributed by atoms with E-state index < -0.39 is 6.43 Å². The van der Waals surface area contributed by atoms with Crippen LogP contribution in [0.15, 0.2) is 12.1 Å². The third kappa shape index (κ3) is 2.10. The average molecular weight is 284 g/mol. The number of rotatable bonds is 2. The van der Waals surface area contributed by atoms with Gasteiger partial charge in [0.15, 0.2) is 0 Å². The van der Waals surface area contributed by atoms with Crippen molar-refractivity contribution in [2.75, 3.05) is 0 Å². The van der Waals surface area contributed by atoms with Crippen LogP contribution in [0.1, 0.15) is 17.7 Å². The summed E-state index contributed by atoms with van der Waals surface area (Å²) in [6.07, 6.45) is -2.51. The van der Waals surface area contributed by atoms with Gasteiger partial charge in [-0.2, -0.15) is 0 Å². The average Bonchev–Trinajstić information content (AvgIpc) is 2.04. The minimum absolute atomic E-state index is 0.198. The van der Waals surface area contributed by atoms with Crippen molar-refractivity contribution in [3.8, 4) is 0 Å². The Morgan fingerprint density at radius 1 is 1.50 bits per heavy atom. The fraction of sp³-hybridized carbons (Fsp3) is 0.286. The molecule has 0 aliphatic carbocycles. The van der Waals surface area contributed by atoms with Gasteiger partial charge in [-0.1, -0.05) is 6.07 Å². The van der Waals surface area contributed by atoms with E-state index in [2.05, 4.69) is 4.98 Å². The number of halogens is 3. The molecule has 0 saturated heterocycles. The molecule has 0 unspecified atom stereocenters. The molecular formula is C7H7F2IN2. The molecule has 1 aromatic heterocycles. The van der Waals surface area contributed by atoms with Crippen LogP contribution in [-0.2, 0) is 6.54 Å². The molecule has 0 aromatic carbocycles. The summed E-state index contributed by atoms with van der Waals surface area (Å²) in [5.74, 6) is 0. The minimum atomic E-state index is -2.51. The summed E-state index contributed by atoms with van der Waals surface area (Å²) in [4.78, 5) is 3.70. The van der Waals surface area contributed by atoms with Crippen LogP contribution in [0.4, 0.5) is 8.78 Å². The first kappa shape index (κ1) is 9.79. The van der Waals surface area contributed by atoms with Gasteiger partial charge in [0.05, 0.1) is 0 Å². The Morgan fingerprint density at radius 3 is 2.58 bits per heavy atom. The Balaban J connectivity index is 3.02. The third-order valence-corrected chi connectivity index (χ3v) is 2.33. The Labute approximate surface area is 82.3 Å². The molecule has 1 aromatic rings. The van der Waals surface area contributed by atoms with Crippen molar-refractivity contribution in [1.29, 1.82) is 0 Å². The molecule has 0 spiro atoms. The molecule has 0 radical (unpaired) electrons. The van der Waals surface area contributed by atoms with E-state index in [4.69, 9.17) is 5.73 Å². The smallest absolute Gasteiger partial charge is 0.280 e. The van der Waals surface area contributed by atoms with Crippen molar-refractivity contribution in [2.24, 2.45) is 5.73 Å². The topological polar surface area (TPSA) is 38.9 Å². The lowest BCUT2D eigenvalue weighted by Gasteiger charge is -2.02. The van der Waals surface area contributed by atoms with Crippen LogP contribution in [0.3, 0.4) is 0 Å². The lowest BCUT2D eigenvalue weighted by molar-refractivity contribution is 0.146. The first-order chi connectivity index (χ1) is 5.65. The molecule has 66 valence electrons. The predicted octanol–water partition coefficient (Wildman–Crippen LogP) is 2.08. The maximum Gasteiger partial charge on any atom is 0.280 e. The summed E-state index contributed by atoms with van der Waals surface area (Å²) in [6.45, 7) is 0.328. The van der Waals surface area contributed by atoms with Crippen molar-refractivity contribution >= 4 is 22.6 Å². The number of hydrogen-bond acceptors (Lipinski definition) is 2. The fourth-order valence-electron chi connectivity index (χ4n) is 0.751. The number of nitrogens with zero attached hydrogens (tertiary/aromatic N) is 1. The highest BCUT2D eigenvalue weighted by Gasteiger charge is 2.10. The van der Waals surface area contributed by atoms with E-state index in [0.717, 1.165) is 5.56 Å². The largest absolute Gasteiger partial charge is 0.326 e. The van der Waals surface area contributed by atoms with Crippen LogP contribution >= 0.6 is 22.6 Å². The molecule has 0 atom stereocenters. The standard InChI is InChI=1S/C7H7F2IN2/c8-6(9)5-2-1-4(3-11)7(10)12-5/h1-2,6H,3,11H2. The number of alkyl halides is 2. The summed E-state index contributed by atoms with van der Waals surface area (Å²) in [5, 5.41) is 0. The van der Waals surface area contributed by atoms with Crippen molar-refractivity contribution in [1.82, 2.24) is 4.98 Å². The van der Waals surface area contributed by atoms with Crippen LogP contribution in [0, 0.1) is 3.70 Å². The summed E-state index contributed by atoms with van der Waals surface area (Å²) in [5.41, 5.74) is 5.94. The van der Waals surface area contributed by atoms with Gasteiger partial charge < -0.3 is 5.73 Å². The summed E-state index contributed by atoms with van der Waals surface area (Å²) in [6, 6.07) is 2.88. The molecule has 1 heterocycles. The van der Waals surface area contributed by atoms with Gasteiger partial charge >= 0.3 is 0 Å². The molecule has 0 fully saturated rings. The maximum atomic E-state index is 12.1. The lowest BCUT2D eigenvalue weighted by Crippen LogP contribution is -2.02. The van der Waals surface area contributed by atoms with Crippen LogP contribution in [-0.4, -0.2) is 4.98 Å². The third-order valence-electron chi connectivity index (χ3n) is 1.39. The zero-order valence-electron chi connectivity index (χ0n) is 6.10. The van der Waals surface area contributed by atoms with E-state index in [0.29, 0.717) is 10.2 Å². The van der Waals surface area contributed by atoms with Gasteiger partial charge in [0.25, 0.3) is 6.43 Å². The van der Waals surface area contributed by atoms with Crippen molar-refractivity contribution in [3.63, 3.8) is 0 Å². The Kier molecular flexibility index (Phi) is 3.33. The summed E-state index contributed by atoms with van der Waals surface area (Å²) in [7, 11) is 0. The first-order valence-electron chi connectivity index (χ1n) is 3.28. The molecule has 0 aliphatic heterocycles. The van der Waals surface area contributed by atoms with Crippen molar-refractivity contribution in [2.45, 2.75) is 13.0 Å². The highest BCUT2D eigenvalue weighted by molar-refractivity contribution is 14.1. The van der Waals surface area contributed by atoms with Crippen molar-refractivity contribution < 1.29 is 8.78 Å². The predicted molar refractivity (Wildman–Crippen MR) is 49.8 cm³/mol. The Bertz CT molecular complexity index is 278. The zero-order valence-corrected chi connectivity index (χ0v) is 8.26. The zero-order chi connectivity index (χ0) is 9.14. The van der Waals surface area contributed by atoms with E-state index in [1.54, 1.807) is 6.07 Å².